The van der Waals surface area contributed by atoms with Gasteiger partial charge in [-0.15, -0.1) is 0 Å². The Kier molecular flexibility index (Phi) is 15.3. The van der Waals surface area contributed by atoms with Crippen LogP contribution >= 0.6 is 0 Å². The van der Waals surface area contributed by atoms with Crippen molar-refractivity contribution in [3.05, 3.63) is 48.2 Å². The summed E-state index contributed by atoms with van der Waals surface area (Å²) in [4.78, 5) is 68.7. The number of ether oxygens (including phenoxy) is 5. The molecule has 348 valence electrons. The van der Waals surface area contributed by atoms with Gasteiger partial charge in [-0.1, -0.05) is 65.0 Å². The molecule has 4 aliphatic heterocycles. The molecule has 0 saturated carbocycles. The number of amides is 1. The lowest BCUT2D eigenvalue weighted by Gasteiger charge is -2.50. The molecule has 63 heavy (non-hydrogen) atoms. The number of para-hydroxylation sites is 1. The van der Waals surface area contributed by atoms with Crippen molar-refractivity contribution >= 4 is 40.6 Å². The van der Waals surface area contributed by atoms with Crippen molar-refractivity contribution in [2.75, 3.05) is 46.9 Å². The first-order valence-electron chi connectivity index (χ1n) is 23.1. The van der Waals surface area contributed by atoms with Crippen LogP contribution in [0.25, 0.3) is 17.0 Å². The van der Waals surface area contributed by atoms with Crippen molar-refractivity contribution in [2.45, 2.75) is 148 Å². The molecule has 4 saturated heterocycles. The molecule has 6 rings (SSSR count). The quantitative estimate of drug-likeness (QED) is 0.152. The Labute approximate surface area is 374 Å². The molecule has 0 radical (unpaired) electrons. The number of carbonyl (C=O) groups is 4. The van der Waals surface area contributed by atoms with Crippen LogP contribution in [0.15, 0.2) is 42.6 Å². The number of likely N-dealkylation sites (tertiary alicyclic amines) is 1. The summed E-state index contributed by atoms with van der Waals surface area (Å²) >= 11 is 0. The van der Waals surface area contributed by atoms with Crippen molar-refractivity contribution in [3.63, 3.8) is 0 Å². The van der Waals surface area contributed by atoms with Gasteiger partial charge in [0.2, 0.25) is 5.79 Å². The minimum Gasteiger partial charge on any atom is -0.458 e. The molecule has 13 atom stereocenters. The fraction of sp³-hybridized carbons (Fsp3) is 0.694. The van der Waals surface area contributed by atoms with Crippen LogP contribution < -0.4 is 0 Å². The van der Waals surface area contributed by atoms with E-state index in [0.29, 0.717) is 13.0 Å². The van der Waals surface area contributed by atoms with E-state index in [-0.39, 0.29) is 44.0 Å². The first-order chi connectivity index (χ1) is 29.8. The van der Waals surface area contributed by atoms with Gasteiger partial charge in [0.1, 0.15) is 24.4 Å². The van der Waals surface area contributed by atoms with E-state index in [9.17, 15) is 19.5 Å². The number of hydrogen-bond acceptors (Lipinski definition) is 13. The summed E-state index contributed by atoms with van der Waals surface area (Å²) in [7, 11) is 3.71. The molecular formula is C49H72N4O10. The number of carbonyl (C=O) groups excluding carboxylic acids is 4. The summed E-state index contributed by atoms with van der Waals surface area (Å²) in [6.07, 6.45) is 5.35. The molecule has 0 spiro atoms. The van der Waals surface area contributed by atoms with E-state index in [1.807, 2.05) is 96.1 Å². The molecule has 1 aromatic carbocycles. The van der Waals surface area contributed by atoms with Crippen molar-refractivity contribution in [3.8, 4) is 0 Å². The largest absolute Gasteiger partial charge is 0.458 e. The maximum absolute atomic E-state index is 15.1. The fourth-order valence-corrected chi connectivity index (χ4v) is 11.0. The third kappa shape index (κ3) is 10.1. The van der Waals surface area contributed by atoms with Gasteiger partial charge in [0, 0.05) is 41.9 Å². The first-order valence-corrected chi connectivity index (χ1v) is 23.1. The van der Waals surface area contributed by atoms with E-state index in [1.165, 1.54) is 6.92 Å². The summed E-state index contributed by atoms with van der Waals surface area (Å²) in [5.41, 5.74) is -1.08. The zero-order valence-corrected chi connectivity index (χ0v) is 39.4. The molecule has 1 aromatic heterocycles. The molecule has 14 heteroatoms. The molecule has 14 nitrogen and oxygen atoms in total. The lowest BCUT2D eigenvalue weighted by atomic mass is 9.73. The highest BCUT2D eigenvalue weighted by atomic mass is 16.7. The number of esters is 1. The van der Waals surface area contributed by atoms with E-state index in [2.05, 4.69) is 16.8 Å². The average Bonchev–Trinajstić information content (AvgIpc) is 3.82. The first kappa shape index (κ1) is 48.7. The number of Topliss-reactive ketones (excluding diaryl/α,β-unsaturated/α-hetero) is 2. The zero-order valence-electron chi connectivity index (χ0n) is 39.4. The van der Waals surface area contributed by atoms with E-state index in [4.69, 9.17) is 23.7 Å². The topological polar surface area (TPSA) is 157 Å². The van der Waals surface area contributed by atoms with Gasteiger partial charge < -0.3 is 33.7 Å². The van der Waals surface area contributed by atoms with Crippen LogP contribution in [0.1, 0.15) is 100.0 Å². The van der Waals surface area contributed by atoms with Crippen LogP contribution in [0.2, 0.25) is 0 Å². The van der Waals surface area contributed by atoms with E-state index >= 15 is 4.79 Å². The van der Waals surface area contributed by atoms with Gasteiger partial charge in [-0.05, 0) is 105 Å². The van der Waals surface area contributed by atoms with E-state index in [0.717, 1.165) is 42.4 Å². The minimum absolute atomic E-state index is 0.0472. The number of benzene rings is 1. The smallest absolute Gasteiger partial charge is 0.410 e. The van der Waals surface area contributed by atoms with Gasteiger partial charge in [0.05, 0.1) is 42.0 Å². The summed E-state index contributed by atoms with van der Waals surface area (Å²) in [5.74, 6) is -7.08. The van der Waals surface area contributed by atoms with Crippen molar-refractivity contribution in [1.82, 2.24) is 19.7 Å². The van der Waals surface area contributed by atoms with Crippen molar-refractivity contribution in [1.29, 1.82) is 0 Å². The van der Waals surface area contributed by atoms with E-state index in [1.54, 1.807) is 24.9 Å². The maximum Gasteiger partial charge on any atom is 0.410 e. The third-order valence-electron chi connectivity index (χ3n) is 14.5. The molecule has 0 unspecified atom stereocenters. The Morgan fingerprint density at radius 3 is 2.44 bits per heavy atom. The molecule has 5 heterocycles. The standard InChI is InChI=1S/C49H72N4O10/c1-12-40-48(9)43(53(46(57)63-48)28-37-20-16-22-52(37)13-2)32(5)41(54)30(3)26-47(8,60-23-17-18-35-25-36-19-14-15-21-38(36)50-27-35)44(33(6)42(55)34(7)45(56)61-40)62-49(58)29-59-31(4)24-39(49)51(10)11/h14-15,17-19,21,25,27,30-34,37,39-40,43-44,58H,12-13,16,20,22-24,26,28-29H2,1-11H3/b18-17+/t30-,31-,32+,33+,34-,37+,39+,40-,43-,44-,47-,48-,49-/m1/s1. The number of ketones is 2. The Balaban J connectivity index is 1.42. The Hall–Kier alpha value is -3.79. The van der Waals surface area contributed by atoms with Gasteiger partial charge >= 0.3 is 12.1 Å². The third-order valence-corrected chi connectivity index (χ3v) is 14.5. The van der Waals surface area contributed by atoms with Gasteiger partial charge in [0.25, 0.3) is 0 Å². The number of aromatic nitrogens is 1. The molecule has 1 amide bonds. The number of likely N-dealkylation sites (N-methyl/N-ethyl adjacent to an activating group) is 2. The number of hydrogen-bond donors (Lipinski definition) is 1. The average molecular weight is 877 g/mol. The summed E-state index contributed by atoms with van der Waals surface area (Å²) in [6.45, 7) is 18.3. The number of pyridine rings is 1. The summed E-state index contributed by atoms with van der Waals surface area (Å²) in [6, 6.07) is 8.64. The van der Waals surface area contributed by atoms with Crippen LogP contribution in [0.4, 0.5) is 4.79 Å². The van der Waals surface area contributed by atoms with Crippen LogP contribution in [0.3, 0.4) is 0 Å². The number of cyclic esters (lactones) is 1. The SMILES string of the molecule is CC[C@H]1OC(=O)[C@H](C)C(=O)[C@H](C)[C@@H](O[C@]2(O)CO[C@H](C)C[C@@H]2N(C)C)[C@](C)(OC/C=C/c2cnc3ccccc3c2)C[C@@H](C)C(=O)[C@H](C)[C@H]2N(C[C@@H]3CCCN3CC)C(=O)O[C@]12C. The highest BCUT2D eigenvalue weighted by Gasteiger charge is 2.61. The predicted molar refractivity (Wildman–Crippen MR) is 240 cm³/mol. The number of fused-ring (bicyclic) bond motifs is 2. The lowest BCUT2D eigenvalue weighted by molar-refractivity contribution is -0.333. The molecular weight excluding hydrogens is 805 g/mol. The second-order valence-electron chi connectivity index (χ2n) is 19.3. The van der Waals surface area contributed by atoms with Crippen molar-refractivity contribution < 1.29 is 48.0 Å². The second kappa shape index (κ2) is 19.8. The summed E-state index contributed by atoms with van der Waals surface area (Å²) < 4.78 is 32.3. The molecule has 0 bridgehead atoms. The van der Waals surface area contributed by atoms with E-state index < -0.39 is 82.8 Å². The van der Waals surface area contributed by atoms with Gasteiger partial charge in [0.15, 0.2) is 11.4 Å². The second-order valence-corrected chi connectivity index (χ2v) is 19.3. The molecule has 4 aliphatic rings. The Morgan fingerprint density at radius 2 is 1.75 bits per heavy atom. The normalized spacial score (nSPS) is 37.7. The highest BCUT2D eigenvalue weighted by molar-refractivity contribution is 6.00. The maximum atomic E-state index is 15.1. The highest BCUT2D eigenvalue weighted by Crippen LogP contribution is 2.44. The summed E-state index contributed by atoms with van der Waals surface area (Å²) in [5, 5.41) is 13.5. The minimum atomic E-state index is -1.90. The number of aliphatic hydroxyl groups is 1. The zero-order chi connectivity index (χ0) is 46.0. The fourth-order valence-electron chi connectivity index (χ4n) is 11.0. The molecule has 1 N–H and O–H groups in total. The van der Waals surface area contributed by atoms with Crippen LogP contribution in [-0.2, 0) is 38.1 Å². The molecule has 2 aromatic rings. The van der Waals surface area contributed by atoms with Gasteiger partial charge in [-0.2, -0.15) is 0 Å². The molecule has 4 fully saturated rings. The Morgan fingerprint density at radius 1 is 1.02 bits per heavy atom. The van der Waals surface area contributed by atoms with Crippen LogP contribution in [0, 0.1) is 23.7 Å². The van der Waals surface area contributed by atoms with Crippen molar-refractivity contribution in [2.24, 2.45) is 23.7 Å². The number of nitrogens with zero attached hydrogens (tertiary/aromatic N) is 4. The van der Waals surface area contributed by atoms with Gasteiger partial charge in [-0.3, -0.25) is 29.2 Å². The number of rotatable bonds is 11. The lowest BCUT2D eigenvalue weighted by Crippen LogP contribution is -2.64. The van der Waals surface area contributed by atoms with Crippen LogP contribution in [-0.4, -0.2) is 149 Å². The predicted octanol–water partition coefficient (Wildman–Crippen LogP) is 6.31. The van der Waals surface area contributed by atoms with Gasteiger partial charge in [-0.25, -0.2) is 4.79 Å². The Bertz CT molecular complexity index is 2000. The molecule has 0 aliphatic carbocycles. The monoisotopic (exact) mass is 877 g/mol. The van der Waals surface area contributed by atoms with Crippen LogP contribution in [0.5, 0.6) is 0 Å².